The van der Waals surface area contributed by atoms with Crippen molar-refractivity contribution in [2.75, 3.05) is 0 Å². The van der Waals surface area contributed by atoms with Crippen LogP contribution in [0.4, 0.5) is 0 Å². The van der Waals surface area contributed by atoms with Gasteiger partial charge in [-0.05, 0) is 103 Å². The van der Waals surface area contributed by atoms with Crippen LogP contribution in [0, 0.1) is 0 Å². The maximum atomic E-state index is 2.42. The average Bonchev–Trinajstić information content (AvgIpc) is 3.56. The van der Waals surface area contributed by atoms with E-state index in [-0.39, 0.29) is 0 Å². The summed E-state index contributed by atoms with van der Waals surface area (Å²) in [5, 5.41) is 0. The molecule has 8 rings (SSSR count). The van der Waals surface area contributed by atoms with Gasteiger partial charge in [-0.2, -0.15) is 0 Å². The average molecular weight is 483 g/mol. The third kappa shape index (κ3) is 3.31. The van der Waals surface area contributed by atoms with Gasteiger partial charge in [0.2, 0.25) is 0 Å². The molecule has 0 spiro atoms. The van der Waals surface area contributed by atoms with Crippen LogP contribution in [-0.2, 0) is 12.8 Å². The van der Waals surface area contributed by atoms with E-state index in [2.05, 4.69) is 133 Å². The van der Waals surface area contributed by atoms with E-state index < -0.39 is 0 Å². The molecule has 0 amide bonds. The Morgan fingerprint density at radius 2 is 0.842 bits per heavy atom. The molecule has 0 saturated carbocycles. The first-order chi connectivity index (χ1) is 18.8. The summed E-state index contributed by atoms with van der Waals surface area (Å²) in [6.07, 6.45) is 2.00. The smallest absolute Gasteiger partial charge is 0.000112 e. The number of fused-ring (bicyclic) bond motifs is 6. The molecule has 0 fully saturated rings. The zero-order chi connectivity index (χ0) is 25.1. The standard InChI is InChI=1S/C38H26/c1-2-9-25(10-3-1)26-12-6-13-28(21-26)32-15-7-17-34-35-18-8-16-33(38(35)24-37(32)34)30-20-19-29-22-27-11-4-5-14-31(27)36(29)23-30/h1-21,23H,22,24H2. The fraction of sp³-hybridized carbons (Fsp3) is 0.0526. The van der Waals surface area contributed by atoms with Crippen molar-refractivity contribution in [2.24, 2.45) is 0 Å². The minimum atomic E-state index is 0.959. The molecule has 6 aromatic rings. The first kappa shape index (κ1) is 21.4. The Morgan fingerprint density at radius 1 is 0.289 bits per heavy atom. The van der Waals surface area contributed by atoms with Crippen LogP contribution in [0.25, 0.3) is 55.6 Å². The van der Waals surface area contributed by atoms with E-state index >= 15 is 0 Å². The van der Waals surface area contributed by atoms with Gasteiger partial charge in [0.25, 0.3) is 0 Å². The largest absolute Gasteiger partial charge is 0.0622 e. The van der Waals surface area contributed by atoms with Crippen molar-refractivity contribution in [1.82, 2.24) is 0 Å². The predicted molar refractivity (Wildman–Crippen MR) is 159 cm³/mol. The van der Waals surface area contributed by atoms with Gasteiger partial charge in [0.15, 0.2) is 0 Å². The van der Waals surface area contributed by atoms with E-state index in [1.165, 1.54) is 77.9 Å². The Balaban J connectivity index is 1.22. The van der Waals surface area contributed by atoms with Crippen molar-refractivity contribution in [2.45, 2.75) is 12.8 Å². The van der Waals surface area contributed by atoms with Gasteiger partial charge in [-0.3, -0.25) is 0 Å². The quantitative estimate of drug-likeness (QED) is 0.235. The molecule has 0 unspecified atom stereocenters. The van der Waals surface area contributed by atoms with E-state index in [0.29, 0.717) is 0 Å². The molecule has 0 atom stereocenters. The van der Waals surface area contributed by atoms with Crippen molar-refractivity contribution in [3.05, 3.63) is 156 Å². The summed E-state index contributed by atoms with van der Waals surface area (Å²) >= 11 is 0. The van der Waals surface area contributed by atoms with Crippen molar-refractivity contribution in [3.63, 3.8) is 0 Å². The van der Waals surface area contributed by atoms with Crippen molar-refractivity contribution in [1.29, 1.82) is 0 Å². The van der Waals surface area contributed by atoms with Crippen LogP contribution in [0.3, 0.4) is 0 Å². The number of benzene rings is 6. The van der Waals surface area contributed by atoms with Gasteiger partial charge >= 0.3 is 0 Å². The van der Waals surface area contributed by atoms with Crippen LogP contribution in [0.1, 0.15) is 22.3 Å². The molecule has 2 aliphatic rings. The molecule has 0 radical (unpaired) electrons. The molecular weight excluding hydrogens is 456 g/mol. The van der Waals surface area contributed by atoms with Gasteiger partial charge < -0.3 is 0 Å². The van der Waals surface area contributed by atoms with Crippen LogP contribution in [0.15, 0.2) is 133 Å². The molecule has 178 valence electrons. The molecule has 0 nitrogen and oxygen atoms in total. The highest BCUT2D eigenvalue weighted by molar-refractivity contribution is 5.91. The maximum Gasteiger partial charge on any atom is -0.000112 e. The predicted octanol–water partition coefficient (Wildman–Crippen LogP) is 9.83. The van der Waals surface area contributed by atoms with Crippen LogP contribution >= 0.6 is 0 Å². The Morgan fingerprint density at radius 3 is 1.63 bits per heavy atom. The maximum absolute atomic E-state index is 2.42. The lowest BCUT2D eigenvalue weighted by Gasteiger charge is -2.11. The number of hydrogen-bond donors (Lipinski definition) is 0. The first-order valence-corrected chi connectivity index (χ1v) is 13.4. The van der Waals surface area contributed by atoms with Gasteiger partial charge in [0.1, 0.15) is 0 Å². The van der Waals surface area contributed by atoms with Crippen LogP contribution in [-0.4, -0.2) is 0 Å². The third-order valence-electron chi connectivity index (χ3n) is 8.39. The van der Waals surface area contributed by atoms with E-state index in [9.17, 15) is 0 Å². The van der Waals surface area contributed by atoms with Crippen LogP contribution in [0.2, 0.25) is 0 Å². The molecule has 6 aromatic carbocycles. The van der Waals surface area contributed by atoms with Crippen molar-refractivity contribution in [3.8, 4) is 55.6 Å². The summed E-state index contributed by atoms with van der Waals surface area (Å²) in [7, 11) is 0. The van der Waals surface area contributed by atoms with E-state index in [4.69, 9.17) is 0 Å². The number of hydrogen-bond acceptors (Lipinski definition) is 0. The summed E-state index contributed by atoms with van der Waals surface area (Å²) in [4.78, 5) is 0. The Hall–Kier alpha value is -4.68. The molecular formula is C38H26. The molecule has 0 heteroatoms. The summed E-state index contributed by atoms with van der Waals surface area (Å²) in [6.45, 7) is 0. The molecule has 0 heterocycles. The zero-order valence-electron chi connectivity index (χ0n) is 21.1. The highest BCUT2D eigenvalue weighted by Gasteiger charge is 2.25. The van der Waals surface area contributed by atoms with Gasteiger partial charge in [0.05, 0.1) is 0 Å². The van der Waals surface area contributed by atoms with Crippen molar-refractivity contribution < 1.29 is 0 Å². The fourth-order valence-electron chi connectivity index (χ4n) is 6.57. The van der Waals surface area contributed by atoms with E-state index in [1.807, 2.05) is 0 Å². The Labute approximate surface area is 223 Å². The lowest BCUT2D eigenvalue weighted by atomic mass is 9.92. The zero-order valence-corrected chi connectivity index (χ0v) is 21.1. The normalized spacial score (nSPS) is 12.5. The highest BCUT2D eigenvalue weighted by atomic mass is 14.3. The van der Waals surface area contributed by atoms with Crippen LogP contribution in [0.5, 0.6) is 0 Å². The minimum Gasteiger partial charge on any atom is -0.0622 e. The topological polar surface area (TPSA) is 0 Å². The third-order valence-corrected chi connectivity index (χ3v) is 8.39. The molecule has 0 saturated heterocycles. The lowest BCUT2D eigenvalue weighted by molar-refractivity contribution is 1.25. The second kappa shape index (κ2) is 8.43. The van der Waals surface area contributed by atoms with Gasteiger partial charge in [-0.1, -0.05) is 121 Å². The highest BCUT2D eigenvalue weighted by Crippen LogP contribution is 2.46. The Bertz CT molecular complexity index is 1860. The molecule has 0 aliphatic heterocycles. The van der Waals surface area contributed by atoms with Gasteiger partial charge in [-0.25, -0.2) is 0 Å². The summed E-state index contributed by atoms with van der Waals surface area (Å²) in [5.74, 6) is 0. The van der Waals surface area contributed by atoms with Crippen LogP contribution < -0.4 is 0 Å². The summed E-state index contributed by atoms with van der Waals surface area (Å²) < 4.78 is 0. The first-order valence-electron chi connectivity index (χ1n) is 13.4. The molecule has 0 aromatic heterocycles. The lowest BCUT2D eigenvalue weighted by Crippen LogP contribution is -1.91. The minimum absolute atomic E-state index is 0.959. The fourth-order valence-corrected chi connectivity index (χ4v) is 6.57. The van der Waals surface area contributed by atoms with E-state index in [1.54, 1.807) is 0 Å². The number of rotatable bonds is 3. The second-order valence-electron chi connectivity index (χ2n) is 10.5. The summed E-state index contributed by atoms with van der Waals surface area (Å²) in [6, 6.07) is 49.2. The van der Waals surface area contributed by atoms with Gasteiger partial charge in [0, 0.05) is 0 Å². The Kier molecular flexibility index (Phi) is 4.75. The monoisotopic (exact) mass is 482 g/mol. The molecule has 2 aliphatic carbocycles. The summed E-state index contributed by atoms with van der Waals surface area (Å²) in [5.41, 5.74) is 19.1. The SMILES string of the molecule is c1ccc(-c2cccc(-c3cccc4c3Cc3c(-c5ccc6c(c5)-c5ccccc5C6)cccc3-4)c2)cc1. The van der Waals surface area contributed by atoms with E-state index in [0.717, 1.165) is 12.8 Å². The molecule has 38 heavy (non-hydrogen) atoms. The second-order valence-corrected chi connectivity index (χ2v) is 10.5. The van der Waals surface area contributed by atoms with Crippen molar-refractivity contribution >= 4 is 0 Å². The molecule has 0 bridgehead atoms. The molecule has 0 N–H and O–H groups in total. The van der Waals surface area contributed by atoms with Gasteiger partial charge in [-0.15, -0.1) is 0 Å².